The van der Waals surface area contributed by atoms with Gasteiger partial charge in [-0.3, -0.25) is 4.90 Å². The van der Waals surface area contributed by atoms with E-state index in [0.717, 1.165) is 29.7 Å². The molecule has 0 aliphatic carbocycles. The molecule has 1 saturated heterocycles. The molecule has 0 amide bonds. The van der Waals surface area contributed by atoms with Crippen molar-refractivity contribution in [3.8, 4) is 0 Å². The van der Waals surface area contributed by atoms with Gasteiger partial charge in [0.25, 0.3) is 0 Å². The van der Waals surface area contributed by atoms with Crippen molar-refractivity contribution in [2.24, 2.45) is 23.7 Å². The summed E-state index contributed by atoms with van der Waals surface area (Å²) in [7, 11) is 0. The Kier molecular flexibility index (Phi) is 4.64. The Morgan fingerprint density at radius 1 is 1.07 bits per heavy atom. The van der Waals surface area contributed by atoms with E-state index in [-0.39, 0.29) is 0 Å². The predicted octanol–water partition coefficient (Wildman–Crippen LogP) is 3.64. The SMILES string of the molecule is CC[C@H]1CN1CC(C)C(C)C(C)C(C)C. The van der Waals surface area contributed by atoms with Gasteiger partial charge in [-0.2, -0.15) is 0 Å². The Hall–Kier alpha value is -0.0400. The molecule has 0 saturated carbocycles. The van der Waals surface area contributed by atoms with Crippen LogP contribution >= 0.6 is 0 Å². The standard InChI is InChI=1S/C14H29N/c1-7-14-9-15(14)8-11(4)13(6)12(5)10(2)3/h10-14H,7-9H2,1-6H3/t11?,12?,13?,14-,15?/m0/s1. The van der Waals surface area contributed by atoms with Gasteiger partial charge >= 0.3 is 0 Å². The highest BCUT2D eigenvalue weighted by molar-refractivity contribution is 4.89. The smallest absolute Gasteiger partial charge is 0.0221 e. The summed E-state index contributed by atoms with van der Waals surface area (Å²) in [5.41, 5.74) is 0. The summed E-state index contributed by atoms with van der Waals surface area (Å²) in [5.74, 6) is 3.36. The van der Waals surface area contributed by atoms with Crippen LogP contribution in [0.2, 0.25) is 0 Å². The zero-order valence-electron chi connectivity index (χ0n) is 11.5. The van der Waals surface area contributed by atoms with Gasteiger partial charge in [0.15, 0.2) is 0 Å². The summed E-state index contributed by atoms with van der Waals surface area (Å²) in [6.07, 6.45) is 1.33. The minimum Gasteiger partial charge on any atom is -0.297 e. The lowest BCUT2D eigenvalue weighted by atomic mass is 9.79. The van der Waals surface area contributed by atoms with E-state index in [9.17, 15) is 0 Å². The minimum absolute atomic E-state index is 0.818. The van der Waals surface area contributed by atoms with Crippen LogP contribution in [-0.2, 0) is 0 Å². The van der Waals surface area contributed by atoms with Gasteiger partial charge in [0.1, 0.15) is 0 Å². The second kappa shape index (κ2) is 5.34. The first-order chi connectivity index (χ1) is 6.97. The fourth-order valence-corrected chi connectivity index (χ4v) is 2.50. The monoisotopic (exact) mass is 211 g/mol. The molecule has 0 radical (unpaired) electrons. The molecule has 90 valence electrons. The number of rotatable bonds is 6. The third kappa shape index (κ3) is 3.48. The van der Waals surface area contributed by atoms with Crippen molar-refractivity contribution in [1.82, 2.24) is 4.90 Å². The van der Waals surface area contributed by atoms with E-state index in [0.29, 0.717) is 0 Å². The maximum Gasteiger partial charge on any atom is 0.0221 e. The van der Waals surface area contributed by atoms with Crippen molar-refractivity contribution in [3.05, 3.63) is 0 Å². The van der Waals surface area contributed by atoms with Crippen LogP contribution in [0.25, 0.3) is 0 Å². The van der Waals surface area contributed by atoms with Crippen molar-refractivity contribution in [1.29, 1.82) is 0 Å². The summed E-state index contributed by atoms with van der Waals surface area (Å²) in [4.78, 5) is 2.63. The van der Waals surface area contributed by atoms with Crippen LogP contribution in [0, 0.1) is 23.7 Å². The summed E-state index contributed by atoms with van der Waals surface area (Å²) in [6, 6.07) is 0.911. The van der Waals surface area contributed by atoms with Crippen molar-refractivity contribution >= 4 is 0 Å². The lowest BCUT2D eigenvalue weighted by Gasteiger charge is -2.29. The van der Waals surface area contributed by atoms with Gasteiger partial charge in [-0.15, -0.1) is 0 Å². The van der Waals surface area contributed by atoms with Gasteiger partial charge in [0.05, 0.1) is 0 Å². The molecular weight excluding hydrogens is 182 g/mol. The van der Waals surface area contributed by atoms with Gasteiger partial charge in [0, 0.05) is 19.1 Å². The lowest BCUT2D eigenvalue weighted by Crippen LogP contribution is -2.26. The zero-order chi connectivity index (χ0) is 11.6. The fourth-order valence-electron chi connectivity index (χ4n) is 2.50. The van der Waals surface area contributed by atoms with Crippen molar-refractivity contribution in [2.75, 3.05) is 13.1 Å². The van der Waals surface area contributed by atoms with Crippen LogP contribution < -0.4 is 0 Å². The van der Waals surface area contributed by atoms with Crippen LogP contribution in [0.5, 0.6) is 0 Å². The highest BCUT2D eigenvalue weighted by Gasteiger charge is 2.34. The molecule has 5 atom stereocenters. The van der Waals surface area contributed by atoms with E-state index in [1.54, 1.807) is 0 Å². The molecule has 0 aromatic rings. The Balaban J connectivity index is 2.30. The normalized spacial score (nSPS) is 31.4. The van der Waals surface area contributed by atoms with Crippen LogP contribution in [0.15, 0.2) is 0 Å². The van der Waals surface area contributed by atoms with Crippen molar-refractivity contribution < 1.29 is 0 Å². The third-order valence-corrected chi connectivity index (χ3v) is 4.60. The number of hydrogen-bond donors (Lipinski definition) is 0. The first-order valence-corrected chi connectivity index (χ1v) is 6.71. The Morgan fingerprint density at radius 3 is 2.07 bits per heavy atom. The molecular formula is C14H29N. The van der Waals surface area contributed by atoms with E-state index in [4.69, 9.17) is 0 Å². The van der Waals surface area contributed by atoms with E-state index < -0.39 is 0 Å². The molecule has 1 heterocycles. The summed E-state index contributed by atoms with van der Waals surface area (Å²) in [5, 5.41) is 0. The molecule has 1 heteroatoms. The van der Waals surface area contributed by atoms with Crippen molar-refractivity contribution in [2.45, 2.75) is 54.0 Å². The van der Waals surface area contributed by atoms with Crippen LogP contribution in [-0.4, -0.2) is 24.0 Å². The minimum atomic E-state index is 0.818. The molecule has 1 aliphatic heterocycles. The zero-order valence-corrected chi connectivity index (χ0v) is 11.5. The Labute approximate surface area is 96.2 Å². The highest BCUT2D eigenvalue weighted by atomic mass is 15.3. The number of hydrogen-bond acceptors (Lipinski definition) is 1. The largest absolute Gasteiger partial charge is 0.297 e. The molecule has 1 aliphatic rings. The summed E-state index contributed by atoms with van der Waals surface area (Å²) < 4.78 is 0. The molecule has 1 nitrogen and oxygen atoms in total. The predicted molar refractivity (Wildman–Crippen MR) is 68.0 cm³/mol. The molecule has 0 bridgehead atoms. The van der Waals surface area contributed by atoms with Gasteiger partial charge in [0.2, 0.25) is 0 Å². The molecule has 0 spiro atoms. The third-order valence-electron chi connectivity index (χ3n) is 4.60. The fraction of sp³-hybridized carbons (Fsp3) is 1.00. The molecule has 15 heavy (non-hydrogen) atoms. The quantitative estimate of drug-likeness (QED) is 0.606. The van der Waals surface area contributed by atoms with Crippen LogP contribution in [0.4, 0.5) is 0 Å². The lowest BCUT2D eigenvalue weighted by molar-refractivity contribution is 0.201. The molecule has 0 aromatic carbocycles. The van der Waals surface area contributed by atoms with Crippen LogP contribution in [0.3, 0.4) is 0 Å². The van der Waals surface area contributed by atoms with E-state index >= 15 is 0 Å². The summed E-state index contributed by atoms with van der Waals surface area (Å²) >= 11 is 0. The van der Waals surface area contributed by atoms with Gasteiger partial charge in [-0.25, -0.2) is 0 Å². The first kappa shape index (κ1) is 13.0. The van der Waals surface area contributed by atoms with Crippen LogP contribution in [0.1, 0.15) is 48.0 Å². The van der Waals surface area contributed by atoms with E-state index in [2.05, 4.69) is 46.4 Å². The molecule has 1 fully saturated rings. The summed E-state index contributed by atoms with van der Waals surface area (Å²) in [6.45, 7) is 16.9. The molecule has 1 rings (SSSR count). The highest BCUT2D eigenvalue weighted by Crippen LogP contribution is 2.30. The second-order valence-electron chi connectivity index (χ2n) is 5.96. The van der Waals surface area contributed by atoms with E-state index in [1.807, 2.05) is 0 Å². The maximum atomic E-state index is 2.63. The Bertz CT molecular complexity index is 188. The topological polar surface area (TPSA) is 3.01 Å². The van der Waals surface area contributed by atoms with Gasteiger partial charge < -0.3 is 0 Å². The van der Waals surface area contributed by atoms with Gasteiger partial charge in [-0.1, -0.05) is 41.5 Å². The second-order valence-corrected chi connectivity index (χ2v) is 5.96. The number of nitrogens with zero attached hydrogens (tertiary/aromatic N) is 1. The average molecular weight is 211 g/mol. The molecule has 0 aromatic heterocycles. The van der Waals surface area contributed by atoms with Crippen molar-refractivity contribution in [3.63, 3.8) is 0 Å². The molecule has 4 unspecified atom stereocenters. The maximum absolute atomic E-state index is 2.63. The van der Waals surface area contributed by atoms with E-state index in [1.165, 1.54) is 19.5 Å². The van der Waals surface area contributed by atoms with Gasteiger partial charge in [-0.05, 0) is 30.1 Å². The Morgan fingerprint density at radius 2 is 1.67 bits per heavy atom. The first-order valence-electron chi connectivity index (χ1n) is 6.71. The molecule has 0 N–H and O–H groups in total. The average Bonchev–Trinajstić information content (AvgIpc) is 2.93.